The summed E-state index contributed by atoms with van der Waals surface area (Å²) in [5.41, 5.74) is 3.18. The molecule has 1 aliphatic heterocycles. The number of benzene rings is 2. The fourth-order valence-corrected chi connectivity index (χ4v) is 2.29. The highest BCUT2D eigenvalue weighted by atomic mass is 16.2. The molecule has 0 radical (unpaired) electrons. The molecule has 0 unspecified atom stereocenters. The van der Waals surface area contributed by atoms with Gasteiger partial charge >= 0.3 is 0 Å². The van der Waals surface area contributed by atoms with Crippen molar-refractivity contribution in [1.82, 2.24) is 0 Å². The van der Waals surface area contributed by atoms with Crippen LogP contribution in [0.4, 0.5) is 5.69 Å². The molecule has 1 amide bonds. The summed E-state index contributed by atoms with van der Waals surface area (Å²) in [6.07, 6.45) is 1.86. The molecule has 2 aromatic carbocycles. The molecule has 21 heavy (non-hydrogen) atoms. The third kappa shape index (κ3) is 2.74. The molecule has 0 aliphatic carbocycles. The van der Waals surface area contributed by atoms with Gasteiger partial charge in [-0.15, -0.1) is 0 Å². The van der Waals surface area contributed by atoms with Crippen molar-refractivity contribution in [2.75, 3.05) is 5.01 Å². The van der Waals surface area contributed by atoms with Gasteiger partial charge in [0.25, 0.3) is 0 Å². The minimum atomic E-state index is -0.0338. The summed E-state index contributed by atoms with van der Waals surface area (Å²) < 4.78 is 0. The first kappa shape index (κ1) is 13.2. The number of hydrogen-bond donors (Lipinski definition) is 0. The van der Waals surface area contributed by atoms with Crippen molar-refractivity contribution in [3.8, 4) is 0 Å². The van der Waals surface area contributed by atoms with Gasteiger partial charge in [-0.25, -0.2) is 5.01 Å². The average molecular weight is 278 g/mol. The molecule has 0 bridgehead atoms. The zero-order valence-corrected chi connectivity index (χ0v) is 11.4. The van der Waals surface area contributed by atoms with E-state index in [0.29, 0.717) is 24.1 Å². The van der Waals surface area contributed by atoms with Crippen LogP contribution in [0, 0.1) is 0 Å². The number of aldehydes is 1. The topological polar surface area (TPSA) is 49.7 Å². The van der Waals surface area contributed by atoms with Crippen LogP contribution >= 0.6 is 0 Å². The maximum absolute atomic E-state index is 12.1. The smallest absolute Gasteiger partial charge is 0.247 e. The Morgan fingerprint density at radius 3 is 2.33 bits per heavy atom. The van der Waals surface area contributed by atoms with Gasteiger partial charge in [0.15, 0.2) is 0 Å². The minimum absolute atomic E-state index is 0.0338. The zero-order valence-electron chi connectivity index (χ0n) is 11.4. The molecule has 1 aliphatic rings. The van der Waals surface area contributed by atoms with Crippen LogP contribution in [-0.4, -0.2) is 17.9 Å². The maximum atomic E-state index is 12.1. The Labute approximate surface area is 122 Å². The van der Waals surface area contributed by atoms with Crippen LogP contribution in [0.5, 0.6) is 0 Å². The zero-order chi connectivity index (χ0) is 14.7. The number of hydrogen-bond acceptors (Lipinski definition) is 3. The van der Waals surface area contributed by atoms with Crippen molar-refractivity contribution in [2.24, 2.45) is 5.10 Å². The lowest BCUT2D eigenvalue weighted by atomic mass is 10.0. The molecular formula is C17H14N2O2. The molecule has 0 saturated heterocycles. The van der Waals surface area contributed by atoms with Crippen molar-refractivity contribution in [3.63, 3.8) is 0 Å². The lowest BCUT2D eigenvalue weighted by molar-refractivity contribution is -0.118. The van der Waals surface area contributed by atoms with Gasteiger partial charge in [0.2, 0.25) is 5.91 Å². The fourth-order valence-electron chi connectivity index (χ4n) is 2.29. The maximum Gasteiger partial charge on any atom is 0.247 e. The van der Waals surface area contributed by atoms with E-state index in [0.717, 1.165) is 17.6 Å². The van der Waals surface area contributed by atoms with Gasteiger partial charge in [-0.3, -0.25) is 9.59 Å². The number of anilines is 1. The van der Waals surface area contributed by atoms with E-state index in [1.807, 2.05) is 30.3 Å². The van der Waals surface area contributed by atoms with Gasteiger partial charge in [0.05, 0.1) is 11.4 Å². The van der Waals surface area contributed by atoms with E-state index in [4.69, 9.17) is 0 Å². The van der Waals surface area contributed by atoms with Gasteiger partial charge in [-0.2, -0.15) is 5.10 Å². The van der Waals surface area contributed by atoms with Crippen molar-refractivity contribution < 1.29 is 9.59 Å². The van der Waals surface area contributed by atoms with E-state index in [1.165, 1.54) is 5.01 Å². The number of amides is 1. The minimum Gasteiger partial charge on any atom is -0.298 e. The third-order valence-corrected chi connectivity index (χ3v) is 3.41. The Balaban J connectivity index is 1.95. The Bertz CT molecular complexity index is 690. The molecule has 3 rings (SSSR count). The molecule has 2 aromatic rings. The largest absolute Gasteiger partial charge is 0.298 e. The van der Waals surface area contributed by atoms with Crippen LogP contribution in [0.25, 0.3) is 0 Å². The standard InChI is InChI=1S/C17H14N2O2/c20-12-13-6-8-15(9-7-13)19-17(21)11-10-16(18-19)14-4-2-1-3-5-14/h1-9,12H,10-11H2. The highest BCUT2D eigenvalue weighted by molar-refractivity contribution is 6.08. The SMILES string of the molecule is O=Cc1ccc(N2N=C(c3ccccc3)CCC2=O)cc1. The normalized spacial score (nSPS) is 14.8. The second-order valence-corrected chi connectivity index (χ2v) is 4.83. The summed E-state index contributed by atoms with van der Waals surface area (Å²) in [4.78, 5) is 22.8. The summed E-state index contributed by atoms with van der Waals surface area (Å²) in [5.74, 6) is -0.0338. The summed E-state index contributed by atoms with van der Waals surface area (Å²) in [6, 6.07) is 16.7. The Kier molecular flexibility index (Phi) is 3.60. The van der Waals surface area contributed by atoms with E-state index in [9.17, 15) is 9.59 Å². The van der Waals surface area contributed by atoms with Crippen molar-refractivity contribution in [2.45, 2.75) is 12.8 Å². The number of carbonyl (C=O) groups is 2. The molecule has 0 fully saturated rings. The summed E-state index contributed by atoms with van der Waals surface area (Å²) in [5, 5.41) is 5.89. The highest BCUT2D eigenvalue weighted by Crippen LogP contribution is 2.22. The second kappa shape index (κ2) is 5.71. The van der Waals surface area contributed by atoms with Crippen LogP contribution < -0.4 is 5.01 Å². The molecule has 4 nitrogen and oxygen atoms in total. The molecular weight excluding hydrogens is 264 g/mol. The van der Waals surface area contributed by atoms with Gasteiger partial charge < -0.3 is 0 Å². The van der Waals surface area contributed by atoms with Crippen LogP contribution in [0.3, 0.4) is 0 Å². The van der Waals surface area contributed by atoms with E-state index < -0.39 is 0 Å². The predicted octanol–water partition coefficient (Wildman–Crippen LogP) is 3.03. The molecule has 1 heterocycles. The fraction of sp³-hybridized carbons (Fsp3) is 0.118. The first-order valence-electron chi connectivity index (χ1n) is 6.79. The van der Waals surface area contributed by atoms with Crippen LogP contribution in [0.2, 0.25) is 0 Å². The van der Waals surface area contributed by atoms with E-state index in [1.54, 1.807) is 24.3 Å². The Hall–Kier alpha value is -2.75. The lowest BCUT2D eigenvalue weighted by Crippen LogP contribution is -2.31. The average Bonchev–Trinajstić information content (AvgIpc) is 2.56. The van der Waals surface area contributed by atoms with Gasteiger partial charge in [-0.05, 0) is 29.8 Å². The van der Waals surface area contributed by atoms with Gasteiger partial charge in [0, 0.05) is 18.4 Å². The van der Waals surface area contributed by atoms with Crippen molar-refractivity contribution >= 4 is 23.6 Å². The van der Waals surface area contributed by atoms with Crippen molar-refractivity contribution in [3.05, 3.63) is 65.7 Å². The summed E-state index contributed by atoms with van der Waals surface area (Å²) >= 11 is 0. The summed E-state index contributed by atoms with van der Waals surface area (Å²) in [7, 11) is 0. The first-order valence-corrected chi connectivity index (χ1v) is 6.79. The lowest BCUT2D eigenvalue weighted by Gasteiger charge is -2.23. The Morgan fingerprint density at radius 2 is 1.67 bits per heavy atom. The number of hydrazone groups is 1. The third-order valence-electron chi connectivity index (χ3n) is 3.41. The molecule has 0 spiro atoms. The molecule has 0 N–H and O–H groups in total. The van der Waals surface area contributed by atoms with Crippen LogP contribution in [-0.2, 0) is 4.79 Å². The molecule has 0 saturated carbocycles. The first-order chi connectivity index (χ1) is 10.3. The second-order valence-electron chi connectivity index (χ2n) is 4.83. The highest BCUT2D eigenvalue weighted by Gasteiger charge is 2.22. The summed E-state index contributed by atoms with van der Waals surface area (Å²) in [6.45, 7) is 0. The Morgan fingerprint density at radius 1 is 0.952 bits per heavy atom. The quantitative estimate of drug-likeness (QED) is 0.810. The molecule has 0 atom stereocenters. The number of rotatable bonds is 3. The van der Waals surface area contributed by atoms with Gasteiger partial charge in [-0.1, -0.05) is 30.3 Å². The van der Waals surface area contributed by atoms with Crippen LogP contribution in [0.1, 0.15) is 28.8 Å². The van der Waals surface area contributed by atoms with E-state index in [-0.39, 0.29) is 5.91 Å². The van der Waals surface area contributed by atoms with Crippen LogP contribution in [0.15, 0.2) is 59.7 Å². The van der Waals surface area contributed by atoms with Crippen molar-refractivity contribution in [1.29, 1.82) is 0 Å². The van der Waals surface area contributed by atoms with Gasteiger partial charge in [0.1, 0.15) is 6.29 Å². The predicted molar refractivity (Wildman–Crippen MR) is 81.5 cm³/mol. The monoisotopic (exact) mass is 278 g/mol. The van der Waals surface area contributed by atoms with E-state index in [2.05, 4.69) is 5.10 Å². The molecule has 0 aromatic heterocycles. The van der Waals surface area contributed by atoms with E-state index >= 15 is 0 Å². The number of nitrogens with zero attached hydrogens (tertiary/aromatic N) is 2. The molecule has 4 heteroatoms. The number of carbonyl (C=O) groups excluding carboxylic acids is 2. The molecule has 104 valence electrons.